The second kappa shape index (κ2) is 5.64. The molecule has 0 saturated carbocycles. The lowest BCUT2D eigenvalue weighted by atomic mass is 10.2. The van der Waals surface area contributed by atoms with Crippen LogP contribution in [-0.4, -0.2) is 11.5 Å². The highest BCUT2D eigenvalue weighted by molar-refractivity contribution is 7.13. The molecule has 88 valence electrons. The molecule has 0 aliphatic heterocycles. The summed E-state index contributed by atoms with van der Waals surface area (Å²) < 4.78 is 0. The van der Waals surface area contributed by atoms with Crippen LogP contribution < -0.4 is 5.32 Å². The van der Waals surface area contributed by atoms with Crippen LogP contribution in [0.4, 0.5) is 0 Å². The Morgan fingerprint density at radius 1 is 1.29 bits per heavy atom. The van der Waals surface area contributed by atoms with Crippen molar-refractivity contribution in [1.82, 2.24) is 10.3 Å². The third-order valence-electron chi connectivity index (χ3n) is 2.54. The summed E-state index contributed by atoms with van der Waals surface area (Å²) >= 11 is 1.77. The number of pyridine rings is 1. The van der Waals surface area contributed by atoms with Gasteiger partial charge in [0.25, 0.3) is 0 Å². The fourth-order valence-electron chi connectivity index (χ4n) is 1.59. The van der Waals surface area contributed by atoms with Gasteiger partial charge in [0, 0.05) is 34.4 Å². The Balaban J connectivity index is 1.81. The van der Waals surface area contributed by atoms with Crippen LogP contribution in [0.1, 0.15) is 15.3 Å². The summed E-state index contributed by atoms with van der Waals surface area (Å²) in [4.78, 5) is 6.54. The van der Waals surface area contributed by atoms with Gasteiger partial charge < -0.3 is 5.32 Å². The van der Waals surface area contributed by atoms with Gasteiger partial charge in [-0.05, 0) is 43.2 Å². The molecule has 0 radical (unpaired) electrons. The monoisotopic (exact) mass is 244 g/mol. The van der Waals surface area contributed by atoms with Gasteiger partial charge in [0.2, 0.25) is 0 Å². The lowest BCUT2D eigenvalue weighted by Gasteiger charge is -2.07. The summed E-state index contributed by atoms with van der Waals surface area (Å²) in [5, 5.41) is 3.36. The third kappa shape index (κ3) is 3.43. The molecule has 17 heavy (non-hydrogen) atoms. The number of aryl methyl sites for hydroxylation is 1. The Morgan fingerprint density at radius 2 is 2.06 bits per heavy atom. The van der Waals surface area contributed by atoms with Crippen LogP contribution in [0.5, 0.6) is 0 Å². The molecule has 2 rings (SSSR count). The van der Waals surface area contributed by atoms with Crippen LogP contribution in [0.2, 0.25) is 0 Å². The lowest BCUT2D eigenvalue weighted by molar-refractivity contribution is 0.849. The van der Waals surface area contributed by atoms with Crippen LogP contribution in [0.15, 0.2) is 43.2 Å². The van der Waals surface area contributed by atoms with E-state index < -0.39 is 0 Å². The predicted octanol–water partition coefficient (Wildman–Crippen LogP) is 3.25. The summed E-state index contributed by atoms with van der Waals surface area (Å²) in [6, 6.07) is 8.32. The summed E-state index contributed by atoms with van der Waals surface area (Å²) in [7, 11) is 0. The lowest BCUT2D eigenvalue weighted by Crippen LogP contribution is -2.14. The molecule has 0 aromatic carbocycles. The smallest absolute Gasteiger partial charge is 0.0498 e. The average Bonchev–Trinajstić information content (AvgIpc) is 2.77. The van der Waals surface area contributed by atoms with Crippen molar-refractivity contribution in [2.75, 3.05) is 6.54 Å². The summed E-state index contributed by atoms with van der Waals surface area (Å²) in [5.74, 6) is 0. The Labute approximate surface area is 106 Å². The molecule has 0 unspecified atom stereocenters. The number of hydrogen-bond donors (Lipinski definition) is 1. The van der Waals surface area contributed by atoms with E-state index in [-0.39, 0.29) is 0 Å². The highest BCUT2D eigenvalue weighted by atomic mass is 32.1. The molecule has 3 heteroatoms. The van der Waals surface area contributed by atoms with Crippen LogP contribution in [0.25, 0.3) is 5.70 Å². The number of nitrogens with zero attached hydrogens (tertiary/aromatic N) is 1. The zero-order valence-electron chi connectivity index (χ0n) is 9.94. The van der Waals surface area contributed by atoms with Gasteiger partial charge in [-0.25, -0.2) is 0 Å². The normalized spacial score (nSPS) is 10.2. The van der Waals surface area contributed by atoms with E-state index in [1.165, 1.54) is 15.3 Å². The Kier molecular flexibility index (Phi) is 3.94. The van der Waals surface area contributed by atoms with E-state index >= 15 is 0 Å². The molecule has 0 aliphatic rings. The van der Waals surface area contributed by atoms with Crippen LogP contribution in [0.3, 0.4) is 0 Å². The van der Waals surface area contributed by atoms with Gasteiger partial charge in [-0.15, -0.1) is 11.3 Å². The van der Waals surface area contributed by atoms with Gasteiger partial charge in [0.15, 0.2) is 0 Å². The maximum Gasteiger partial charge on any atom is 0.0498 e. The van der Waals surface area contributed by atoms with Gasteiger partial charge in [-0.2, -0.15) is 0 Å². The molecule has 2 nitrogen and oxygen atoms in total. The zero-order chi connectivity index (χ0) is 12.1. The number of aromatic nitrogens is 1. The van der Waals surface area contributed by atoms with Gasteiger partial charge in [0.05, 0.1) is 0 Å². The van der Waals surface area contributed by atoms with Crippen molar-refractivity contribution >= 4 is 17.0 Å². The van der Waals surface area contributed by atoms with Gasteiger partial charge in [-0.1, -0.05) is 6.58 Å². The highest BCUT2D eigenvalue weighted by Gasteiger charge is 2.00. The minimum absolute atomic E-state index is 0.903. The minimum Gasteiger partial charge on any atom is -0.384 e. The number of hydrogen-bond acceptors (Lipinski definition) is 3. The van der Waals surface area contributed by atoms with E-state index in [2.05, 4.69) is 35.9 Å². The zero-order valence-corrected chi connectivity index (χ0v) is 10.8. The molecule has 0 amide bonds. The van der Waals surface area contributed by atoms with Gasteiger partial charge in [0.1, 0.15) is 0 Å². The molecule has 0 fully saturated rings. The number of rotatable bonds is 5. The van der Waals surface area contributed by atoms with E-state index in [4.69, 9.17) is 0 Å². The molecular formula is C14H16N2S. The second-order valence-electron chi connectivity index (χ2n) is 3.92. The molecule has 2 heterocycles. The van der Waals surface area contributed by atoms with E-state index in [1.54, 1.807) is 11.3 Å². The van der Waals surface area contributed by atoms with Crippen molar-refractivity contribution in [1.29, 1.82) is 0 Å². The summed E-state index contributed by atoms with van der Waals surface area (Å²) in [5.41, 5.74) is 2.31. The van der Waals surface area contributed by atoms with Crippen molar-refractivity contribution in [2.45, 2.75) is 13.3 Å². The van der Waals surface area contributed by atoms with Crippen molar-refractivity contribution in [3.05, 3.63) is 58.6 Å². The first-order valence-electron chi connectivity index (χ1n) is 5.64. The van der Waals surface area contributed by atoms with Crippen molar-refractivity contribution < 1.29 is 0 Å². The Morgan fingerprint density at radius 3 is 2.71 bits per heavy atom. The maximum absolute atomic E-state index is 4.06. The van der Waals surface area contributed by atoms with Gasteiger partial charge >= 0.3 is 0 Å². The van der Waals surface area contributed by atoms with Gasteiger partial charge in [-0.3, -0.25) is 4.98 Å². The first kappa shape index (κ1) is 11.9. The maximum atomic E-state index is 4.06. The third-order valence-corrected chi connectivity index (χ3v) is 3.60. The average molecular weight is 244 g/mol. The van der Waals surface area contributed by atoms with Crippen LogP contribution in [-0.2, 0) is 6.42 Å². The SMILES string of the molecule is C=C(NCCc1ccncc1)c1ccc(C)s1. The topological polar surface area (TPSA) is 24.9 Å². The first-order chi connectivity index (χ1) is 8.25. The number of thiophene rings is 1. The standard InChI is InChI=1S/C14H16N2S/c1-11-3-4-14(17-11)12(2)16-10-7-13-5-8-15-9-6-13/h3-6,8-9,16H,2,7,10H2,1H3. The second-order valence-corrected chi connectivity index (χ2v) is 5.21. The molecule has 1 N–H and O–H groups in total. The molecule has 0 bridgehead atoms. The first-order valence-corrected chi connectivity index (χ1v) is 6.46. The van der Waals surface area contributed by atoms with E-state index in [1.807, 2.05) is 24.5 Å². The van der Waals surface area contributed by atoms with E-state index in [0.29, 0.717) is 0 Å². The van der Waals surface area contributed by atoms with Crippen molar-refractivity contribution in [2.24, 2.45) is 0 Å². The van der Waals surface area contributed by atoms with Crippen molar-refractivity contribution in [3.8, 4) is 0 Å². The highest BCUT2D eigenvalue weighted by Crippen LogP contribution is 2.20. The molecule has 0 aliphatic carbocycles. The fraction of sp³-hybridized carbons (Fsp3) is 0.214. The summed E-state index contributed by atoms with van der Waals surface area (Å²) in [6.45, 7) is 7.07. The van der Waals surface area contributed by atoms with Crippen LogP contribution >= 0.6 is 11.3 Å². The van der Waals surface area contributed by atoms with Crippen LogP contribution in [0, 0.1) is 6.92 Å². The molecule has 2 aromatic rings. The van der Waals surface area contributed by atoms with E-state index in [0.717, 1.165) is 18.7 Å². The Hall–Kier alpha value is -1.61. The predicted molar refractivity (Wildman–Crippen MR) is 74.0 cm³/mol. The molecule has 0 atom stereocenters. The molecule has 0 saturated heterocycles. The Bertz CT molecular complexity index is 488. The molecular weight excluding hydrogens is 228 g/mol. The number of nitrogens with one attached hydrogen (secondary N) is 1. The molecule has 2 aromatic heterocycles. The van der Waals surface area contributed by atoms with Crippen molar-refractivity contribution in [3.63, 3.8) is 0 Å². The largest absolute Gasteiger partial charge is 0.384 e. The fourth-order valence-corrected chi connectivity index (χ4v) is 2.41. The minimum atomic E-state index is 0.903. The summed E-state index contributed by atoms with van der Waals surface area (Å²) in [6.07, 6.45) is 4.64. The molecule has 0 spiro atoms. The quantitative estimate of drug-likeness (QED) is 0.873. The van der Waals surface area contributed by atoms with E-state index in [9.17, 15) is 0 Å².